The number of aromatic nitrogens is 9. The smallest absolute Gasteiger partial charge is 0.304 e. The van der Waals surface area contributed by atoms with Crippen LogP contribution in [0, 0.1) is 17.1 Å². The van der Waals surface area contributed by atoms with E-state index in [9.17, 15) is 24.4 Å². The van der Waals surface area contributed by atoms with Crippen LogP contribution in [0.15, 0.2) is 69.2 Å². The van der Waals surface area contributed by atoms with E-state index < -0.39 is 28.8 Å². The zero-order valence-corrected chi connectivity index (χ0v) is 23.0. The standard InChI is InChI=1S/C27H21FN12O4/c1-37(2)13-20-30-8-9-38(20)15-6-7-18(17(28)11-15)31-26(43)39-24(41)22-21(32-27(39)44)19(12-29)36-40(22)16-5-3-4-14(10-16)23-33-25(42)35-34-23/h3-11H,13H2,1-2H3,(H,31,43)(H,32,44)(H2,33,34,35,42). The summed E-state index contributed by atoms with van der Waals surface area (Å²) < 4.78 is 18.2. The summed E-state index contributed by atoms with van der Waals surface area (Å²) in [6.07, 6.45) is 3.25. The molecule has 4 aromatic heterocycles. The van der Waals surface area contributed by atoms with E-state index in [2.05, 4.69) is 35.6 Å². The van der Waals surface area contributed by atoms with Gasteiger partial charge in [-0.05, 0) is 38.4 Å². The molecule has 0 fully saturated rings. The number of benzene rings is 2. The molecule has 0 aliphatic rings. The van der Waals surface area contributed by atoms with Gasteiger partial charge in [-0.3, -0.25) is 9.89 Å². The van der Waals surface area contributed by atoms with Crippen LogP contribution in [0.5, 0.6) is 0 Å². The number of H-pyrrole nitrogens is 3. The van der Waals surface area contributed by atoms with Crippen molar-refractivity contribution in [2.75, 3.05) is 19.4 Å². The highest BCUT2D eigenvalue weighted by Crippen LogP contribution is 2.22. The van der Waals surface area contributed by atoms with Gasteiger partial charge in [0.1, 0.15) is 23.2 Å². The predicted octanol–water partition coefficient (Wildman–Crippen LogP) is 1.29. The second-order valence-electron chi connectivity index (χ2n) is 9.78. The third kappa shape index (κ3) is 4.86. The Bertz CT molecular complexity index is 2300. The summed E-state index contributed by atoms with van der Waals surface area (Å²) in [5.74, 6) is 0.0408. The molecule has 0 radical (unpaired) electrons. The molecule has 0 atom stereocenters. The highest BCUT2D eigenvalue weighted by molar-refractivity contribution is 5.93. The van der Waals surface area contributed by atoms with Crippen LogP contribution in [0.25, 0.3) is 33.8 Å². The molecular weight excluding hydrogens is 575 g/mol. The normalized spacial score (nSPS) is 11.2. The van der Waals surface area contributed by atoms with Crippen molar-refractivity contribution in [2.24, 2.45) is 0 Å². The number of halogens is 1. The lowest BCUT2D eigenvalue weighted by atomic mass is 10.2. The van der Waals surface area contributed by atoms with Crippen LogP contribution in [0.4, 0.5) is 14.9 Å². The Hall–Kier alpha value is -6.41. The van der Waals surface area contributed by atoms with Crippen LogP contribution in [0.1, 0.15) is 11.5 Å². The van der Waals surface area contributed by atoms with Crippen molar-refractivity contribution in [3.8, 4) is 28.8 Å². The topological polar surface area (TPSA) is 208 Å². The van der Waals surface area contributed by atoms with Crippen LogP contribution in [-0.2, 0) is 6.54 Å². The number of fused-ring (bicyclic) bond motifs is 1. The molecule has 0 aliphatic carbocycles. The van der Waals surface area contributed by atoms with E-state index in [4.69, 9.17) is 0 Å². The highest BCUT2D eigenvalue weighted by Gasteiger charge is 2.23. The van der Waals surface area contributed by atoms with Crippen molar-refractivity contribution in [1.82, 2.24) is 49.0 Å². The van der Waals surface area contributed by atoms with Crippen molar-refractivity contribution in [1.29, 1.82) is 5.26 Å². The summed E-state index contributed by atoms with van der Waals surface area (Å²) in [5.41, 5.74) is -2.81. The maximum atomic E-state index is 15.2. The first kappa shape index (κ1) is 27.7. The molecule has 6 rings (SSSR count). The monoisotopic (exact) mass is 596 g/mol. The summed E-state index contributed by atoms with van der Waals surface area (Å²) in [7, 11) is 3.74. The largest absolute Gasteiger partial charge is 0.361 e. The third-order valence-electron chi connectivity index (χ3n) is 6.55. The maximum absolute atomic E-state index is 15.2. The first-order valence-electron chi connectivity index (χ1n) is 12.9. The van der Waals surface area contributed by atoms with Gasteiger partial charge >= 0.3 is 17.4 Å². The van der Waals surface area contributed by atoms with Crippen LogP contribution in [-0.4, -0.2) is 69.1 Å². The second-order valence-corrected chi connectivity index (χ2v) is 9.78. The average Bonchev–Trinajstić information content (AvgIpc) is 3.72. The summed E-state index contributed by atoms with van der Waals surface area (Å²) in [4.78, 5) is 63.6. The quantitative estimate of drug-likeness (QED) is 0.218. The van der Waals surface area contributed by atoms with E-state index in [-0.39, 0.29) is 38.5 Å². The highest BCUT2D eigenvalue weighted by atomic mass is 19.1. The molecular formula is C27H21FN12O4. The Kier molecular flexibility index (Phi) is 6.79. The first-order valence-corrected chi connectivity index (χ1v) is 12.9. The fraction of sp³-hybridized carbons (Fsp3) is 0.111. The molecule has 1 amide bonds. The van der Waals surface area contributed by atoms with Gasteiger partial charge in [0.25, 0.3) is 5.56 Å². The second kappa shape index (κ2) is 10.8. The van der Waals surface area contributed by atoms with Gasteiger partial charge in [-0.15, -0.1) is 0 Å². The van der Waals surface area contributed by atoms with E-state index in [1.165, 1.54) is 18.2 Å². The molecule has 0 saturated heterocycles. The number of nitrogens with zero attached hydrogens (tertiary/aromatic N) is 8. The van der Waals surface area contributed by atoms with Crippen LogP contribution >= 0.6 is 0 Å². The molecule has 0 aliphatic heterocycles. The molecule has 0 saturated carbocycles. The van der Waals surface area contributed by atoms with Crippen LogP contribution in [0.2, 0.25) is 0 Å². The average molecular weight is 597 g/mol. The van der Waals surface area contributed by atoms with E-state index in [1.807, 2.05) is 25.1 Å². The summed E-state index contributed by atoms with van der Waals surface area (Å²) in [6.45, 7) is 0.498. The lowest BCUT2D eigenvalue weighted by Gasteiger charge is -2.13. The summed E-state index contributed by atoms with van der Waals surface area (Å²) >= 11 is 0. The number of nitriles is 1. The number of imidazole rings is 1. The number of anilines is 1. The molecule has 44 heavy (non-hydrogen) atoms. The Morgan fingerprint density at radius 2 is 1.93 bits per heavy atom. The Labute approximate surface area is 244 Å². The van der Waals surface area contributed by atoms with Gasteiger partial charge in [0.2, 0.25) is 0 Å². The number of hydrogen-bond acceptors (Lipinski definition) is 9. The third-order valence-corrected chi connectivity index (χ3v) is 6.55. The van der Waals surface area contributed by atoms with Gasteiger partial charge in [0.15, 0.2) is 17.0 Å². The van der Waals surface area contributed by atoms with Gasteiger partial charge in [-0.1, -0.05) is 12.1 Å². The number of nitrogens with one attached hydrogen (secondary N) is 4. The number of carbonyl (C=O) groups excluding carboxylic acids is 1. The minimum absolute atomic E-state index is 0.200. The SMILES string of the molecule is CN(C)Cc1nccn1-c1ccc(NC(=O)n2c(=O)[nH]c3c(C#N)nn(-c4cccc(-c5nc(=O)[nH][nH]5)c4)c3c2=O)c(F)c1. The van der Waals surface area contributed by atoms with Crippen LogP contribution in [0.3, 0.4) is 0 Å². The van der Waals surface area contributed by atoms with Crippen molar-refractivity contribution in [3.63, 3.8) is 0 Å². The van der Waals surface area contributed by atoms with E-state index in [0.717, 1.165) is 4.68 Å². The molecule has 4 heterocycles. The molecule has 0 unspecified atom stereocenters. The van der Waals surface area contributed by atoms with Gasteiger partial charge in [-0.2, -0.15) is 19.9 Å². The molecule has 0 bridgehead atoms. The Morgan fingerprint density at radius 3 is 2.64 bits per heavy atom. The van der Waals surface area contributed by atoms with Crippen molar-refractivity contribution >= 4 is 22.8 Å². The minimum atomic E-state index is -1.24. The summed E-state index contributed by atoms with van der Waals surface area (Å²) in [6, 6.07) is 10.9. The number of aromatic amines is 3. The molecule has 220 valence electrons. The van der Waals surface area contributed by atoms with Gasteiger partial charge in [-0.25, -0.2) is 33.5 Å². The number of carbonyl (C=O) groups is 1. The number of rotatable bonds is 6. The minimum Gasteiger partial charge on any atom is -0.304 e. The van der Waals surface area contributed by atoms with E-state index in [1.54, 1.807) is 41.2 Å². The molecule has 2 aromatic carbocycles. The lowest BCUT2D eigenvalue weighted by Crippen LogP contribution is -2.42. The zero-order valence-electron chi connectivity index (χ0n) is 23.0. The molecule has 16 nitrogen and oxygen atoms in total. The molecule has 4 N–H and O–H groups in total. The lowest BCUT2D eigenvalue weighted by molar-refractivity contribution is 0.252. The van der Waals surface area contributed by atoms with Gasteiger partial charge in [0.05, 0.1) is 17.9 Å². The molecule has 17 heteroatoms. The van der Waals surface area contributed by atoms with Crippen LogP contribution < -0.4 is 22.3 Å². The van der Waals surface area contributed by atoms with Crippen molar-refractivity contribution < 1.29 is 9.18 Å². The van der Waals surface area contributed by atoms with E-state index >= 15 is 4.39 Å². The Balaban J connectivity index is 1.39. The zero-order chi connectivity index (χ0) is 31.1. The molecule has 0 spiro atoms. The predicted molar refractivity (Wildman–Crippen MR) is 154 cm³/mol. The fourth-order valence-electron chi connectivity index (χ4n) is 4.63. The fourth-order valence-corrected chi connectivity index (χ4v) is 4.63. The maximum Gasteiger partial charge on any atom is 0.361 e. The first-order chi connectivity index (χ1) is 21.1. The van der Waals surface area contributed by atoms with E-state index in [0.29, 0.717) is 23.6 Å². The summed E-state index contributed by atoms with van der Waals surface area (Å²) in [5, 5.41) is 21.0. The van der Waals surface area contributed by atoms with Gasteiger partial charge in [0, 0.05) is 29.7 Å². The molecule has 6 aromatic rings. The number of hydrogen-bond donors (Lipinski definition) is 4. The van der Waals surface area contributed by atoms with Crippen molar-refractivity contribution in [3.05, 3.63) is 104 Å². The van der Waals surface area contributed by atoms with Gasteiger partial charge < -0.3 is 19.8 Å². The number of amides is 1. The van der Waals surface area contributed by atoms with Crippen molar-refractivity contribution in [2.45, 2.75) is 6.54 Å². The Morgan fingerprint density at radius 1 is 1.11 bits per heavy atom.